The standard InChI is InChI=1S/C20H20N2O5/c1-2-14-7-3-4-8-15(14)21-18(23)13-26-19(24)11-12-22-16-9-5-6-10-17(16)27-20(22)25/h3-10H,2,11-13H2,1H3,(H,21,23). The lowest BCUT2D eigenvalue weighted by Gasteiger charge is -2.10. The van der Waals surface area contributed by atoms with Gasteiger partial charge in [-0.15, -0.1) is 0 Å². The van der Waals surface area contributed by atoms with Crippen molar-refractivity contribution in [3.05, 3.63) is 64.6 Å². The molecule has 0 aliphatic heterocycles. The molecule has 0 spiro atoms. The Balaban J connectivity index is 1.51. The van der Waals surface area contributed by atoms with Crippen LogP contribution in [0.3, 0.4) is 0 Å². The number of para-hydroxylation sites is 3. The molecule has 1 N–H and O–H groups in total. The largest absolute Gasteiger partial charge is 0.456 e. The second-order valence-electron chi connectivity index (χ2n) is 5.96. The van der Waals surface area contributed by atoms with Crippen molar-refractivity contribution in [2.24, 2.45) is 0 Å². The van der Waals surface area contributed by atoms with Gasteiger partial charge in [-0.1, -0.05) is 37.3 Å². The first-order chi connectivity index (χ1) is 13.1. The Kier molecular flexibility index (Phi) is 5.71. The Morgan fingerprint density at radius 1 is 1.11 bits per heavy atom. The minimum Gasteiger partial charge on any atom is -0.456 e. The minimum atomic E-state index is -0.564. The lowest BCUT2D eigenvalue weighted by molar-refractivity contribution is -0.147. The highest BCUT2D eigenvalue weighted by Crippen LogP contribution is 2.15. The molecule has 0 fully saturated rings. The lowest BCUT2D eigenvalue weighted by atomic mass is 10.1. The fraction of sp³-hybridized carbons (Fsp3) is 0.250. The average Bonchev–Trinajstić information content (AvgIpc) is 3.00. The number of benzene rings is 2. The Morgan fingerprint density at radius 3 is 2.67 bits per heavy atom. The van der Waals surface area contributed by atoms with Crippen LogP contribution in [0.2, 0.25) is 0 Å². The summed E-state index contributed by atoms with van der Waals surface area (Å²) >= 11 is 0. The number of nitrogens with zero attached hydrogens (tertiary/aromatic N) is 1. The first kappa shape index (κ1) is 18.4. The number of fused-ring (bicyclic) bond motifs is 1. The first-order valence-electron chi connectivity index (χ1n) is 8.70. The molecule has 0 atom stereocenters. The third-order valence-electron chi connectivity index (χ3n) is 4.15. The van der Waals surface area contributed by atoms with Crippen LogP contribution in [0.15, 0.2) is 57.7 Å². The molecule has 0 saturated heterocycles. The molecule has 0 saturated carbocycles. The van der Waals surface area contributed by atoms with Gasteiger partial charge in [-0.05, 0) is 30.2 Å². The normalized spacial score (nSPS) is 10.7. The molecule has 1 amide bonds. The fourth-order valence-electron chi connectivity index (χ4n) is 2.78. The van der Waals surface area contributed by atoms with Gasteiger partial charge in [-0.3, -0.25) is 14.2 Å². The van der Waals surface area contributed by atoms with Gasteiger partial charge in [0.25, 0.3) is 5.91 Å². The van der Waals surface area contributed by atoms with Gasteiger partial charge in [0, 0.05) is 12.2 Å². The number of aromatic nitrogens is 1. The van der Waals surface area contributed by atoms with Gasteiger partial charge in [0.15, 0.2) is 12.2 Å². The molecule has 0 unspecified atom stereocenters. The van der Waals surface area contributed by atoms with Crippen molar-refractivity contribution in [3.8, 4) is 0 Å². The Morgan fingerprint density at radius 2 is 1.85 bits per heavy atom. The molecule has 0 radical (unpaired) electrons. The van der Waals surface area contributed by atoms with Gasteiger partial charge in [0.05, 0.1) is 11.9 Å². The van der Waals surface area contributed by atoms with Crippen molar-refractivity contribution in [1.29, 1.82) is 0 Å². The summed E-state index contributed by atoms with van der Waals surface area (Å²) in [6, 6.07) is 14.4. The number of amides is 1. The fourth-order valence-corrected chi connectivity index (χ4v) is 2.78. The van der Waals surface area contributed by atoms with Crippen LogP contribution in [0.4, 0.5) is 5.69 Å². The Hall–Kier alpha value is -3.35. The predicted octanol–water partition coefficient (Wildman–Crippen LogP) is 2.73. The zero-order chi connectivity index (χ0) is 19.2. The van der Waals surface area contributed by atoms with E-state index in [0.29, 0.717) is 16.8 Å². The van der Waals surface area contributed by atoms with Crippen LogP contribution in [0, 0.1) is 0 Å². The van der Waals surface area contributed by atoms with Crippen molar-refractivity contribution in [3.63, 3.8) is 0 Å². The minimum absolute atomic E-state index is 0.0394. The average molecular weight is 368 g/mol. The maximum absolute atomic E-state index is 12.0. The van der Waals surface area contributed by atoms with Crippen LogP contribution in [0.5, 0.6) is 0 Å². The van der Waals surface area contributed by atoms with Gasteiger partial charge in [-0.25, -0.2) is 4.79 Å². The maximum Gasteiger partial charge on any atom is 0.419 e. The number of esters is 1. The van der Waals surface area contributed by atoms with E-state index in [2.05, 4.69) is 5.32 Å². The number of anilines is 1. The van der Waals surface area contributed by atoms with E-state index in [-0.39, 0.29) is 19.6 Å². The molecule has 0 aliphatic rings. The third-order valence-corrected chi connectivity index (χ3v) is 4.15. The first-order valence-corrected chi connectivity index (χ1v) is 8.70. The summed E-state index contributed by atoms with van der Waals surface area (Å²) in [6.45, 7) is 1.74. The van der Waals surface area contributed by atoms with Crippen LogP contribution in [-0.2, 0) is 27.3 Å². The summed E-state index contributed by atoms with van der Waals surface area (Å²) in [5.41, 5.74) is 2.79. The van der Waals surface area contributed by atoms with Crippen LogP contribution in [0.1, 0.15) is 18.9 Å². The highest BCUT2D eigenvalue weighted by molar-refractivity contribution is 5.93. The van der Waals surface area contributed by atoms with E-state index >= 15 is 0 Å². The van der Waals surface area contributed by atoms with E-state index in [1.807, 2.05) is 25.1 Å². The molecule has 7 heteroatoms. The van der Waals surface area contributed by atoms with Crippen molar-refractivity contribution in [2.45, 2.75) is 26.3 Å². The van der Waals surface area contributed by atoms with E-state index in [1.165, 1.54) is 4.57 Å². The summed E-state index contributed by atoms with van der Waals surface area (Å²) in [7, 11) is 0. The summed E-state index contributed by atoms with van der Waals surface area (Å²) < 4.78 is 11.5. The predicted molar refractivity (Wildman–Crippen MR) is 100 cm³/mol. The van der Waals surface area contributed by atoms with E-state index in [0.717, 1.165) is 12.0 Å². The third kappa shape index (κ3) is 4.44. The van der Waals surface area contributed by atoms with Crippen LogP contribution < -0.4 is 11.1 Å². The summed E-state index contributed by atoms with van der Waals surface area (Å²) in [5, 5.41) is 2.73. The number of oxazole rings is 1. The smallest absolute Gasteiger partial charge is 0.419 e. The van der Waals surface area contributed by atoms with Crippen LogP contribution >= 0.6 is 0 Å². The molecule has 7 nitrogen and oxygen atoms in total. The number of hydrogen-bond acceptors (Lipinski definition) is 5. The molecular weight excluding hydrogens is 348 g/mol. The van der Waals surface area contributed by atoms with Gasteiger partial charge in [-0.2, -0.15) is 0 Å². The molecule has 1 heterocycles. The molecule has 3 rings (SSSR count). The van der Waals surface area contributed by atoms with Crippen molar-refractivity contribution in [2.75, 3.05) is 11.9 Å². The molecule has 1 aromatic heterocycles. The Bertz CT molecular complexity index is 1020. The number of hydrogen-bond donors (Lipinski definition) is 1. The second kappa shape index (κ2) is 8.35. The topological polar surface area (TPSA) is 90.5 Å². The van der Waals surface area contributed by atoms with E-state index < -0.39 is 17.6 Å². The van der Waals surface area contributed by atoms with Gasteiger partial charge < -0.3 is 14.5 Å². The molecule has 0 aliphatic carbocycles. The number of rotatable bonds is 7. The summed E-state index contributed by atoms with van der Waals surface area (Å²) in [4.78, 5) is 35.8. The number of carbonyl (C=O) groups excluding carboxylic acids is 2. The Labute approximate surface area is 155 Å². The van der Waals surface area contributed by atoms with Crippen molar-refractivity contribution < 1.29 is 18.7 Å². The number of ether oxygens (including phenoxy) is 1. The molecule has 0 bridgehead atoms. The SMILES string of the molecule is CCc1ccccc1NC(=O)COC(=O)CCn1c(=O)oc2ccccc21. The van der Waals surface area contributed by atoms with E-state index in [4.69, 9.17) is 9.15 Å². The molecule has 2 aromatic carbocycles. The van der Waals surface area contributed by atoms with Gasteiger partial charge >= 0.3 is 11.7 Å². The quantitative estimate of drug-likeness (QED) is 0.648. The highest BCUT2D eigenvalue weighted by atomic mass is 16.5. The van der Waals surface area contributed by atoms with Gasteiger partial charge in [0.2, 0.25) is 0 Å². The number of aryl methyl sites for hydroxylation is 2. The zero-order valence-electron chi connectivity index (χ0n) is 14.9. The lowest BCUT2D eigenvalue weighted by Crippen LogP contribution is -2.23. The number of nitrogens with one attached hydrogen (secondary N) is 1. The van der Waals surface area contributed by atoms with Gasteiger partial charge in [0.1, 0.15) is 0 Å². The van der Waals surface area contributed by atoms with Crippen LogP contribution in [-0.4, -0.2) is 23.1 Å². The van der Waals surface area contributed by atoms with Crippen LogP contribution in [0.25, 0.3) is 11.1 Å². The zero-order valence-corrected chi connectivity index (χ0v) is 14.9. The summed E-state index contributed by atoms with van der Waals surface area (Å²) in [6.07, 6.45) is 0.742. The molecular formula is C20H20N2O5. The molecule has 3 aromatic rings. The van der Waals surface area contributed by atoms with Crippen molar-refractivity contribution >= 4 is 28.7 Å². The monoisotopic (exact) mass is 368 g/mol. The second-order valence-corrected chi connectivity index (χ2v) is 5.96. The molecule has 27 heavy (non-hydrogen) atoms. The number of carbonyl (C=O) groups is 2. The highest BCUT2D eigenvalue weighted by Gasteiger charge is 2.13. The maximum atomic E-state index is 12.0. The molecule has 140 valence electrons. The summed E-state index contributed by atoms with van der Waals surface area (Å²) in [5.74, 6) is -1.50. The van der Waals surface area contributed by atoms with E-state index in [1.54, 1.807) is 30.3 Å². The van der Waals surface area contributed by atoms with E-state index in [9.17, 15) is 14.4 Å². The van der Waals surface area contributed by atoms with Crippen molar-refractivity contribution in [1.82, 2.24) is 4.57 Å².